The van der Waals surface area contributed by atoms with Crippen LogP contribution in [0, 0.1) is 51.8 Å². The quantitative estimate of drug-likeness (QED) is 0.703. The Hall–Kier alpha value is -0.550. The lowest BCUT2D eigenvalue weighted by Gasteiger charge is -2.61. The summed E-state index contributed by atoms with van der Waals surface area (Å²) in [4.78, 5) is 0. The Kier molecular flexibility index (Phi) is 4.00. The molecule has 7 atom stereocenters. The molecule has 128 valence electrons. The number of fused-ring (bicyclic) bond motifs is 5. The summed E-state index contributed by atoms with van der Waals surface area (Å²) < 4.78 is 5.82. The van der Waals surface area contributed by atoms with Crippen LogP contribution in [0.2, 0.25) is 0 Å². The van der Waals surface area contributed by atoms with Gasteiger partial charge in [-0.25, -0.2) is 0 Å². The molecule has 2 nitrogen and oxygen atoms in total. The van der Waals surface area contributed by atoms with Gasteiger partial charge in [-0.3, -0.25) is 0 Å². The molecule has 4 rings (SSSR count). The molecule has 0 aliphatic heterocycles. The Morgan fingerprint density at radius 1 is 1.00 bits per heavy atom. The molecule has 0 aromatic carbocycles. The smallest absolute Gasteiger partial charge is 0.0661 e. The molecule has 0 amide bonds. The van der Waals surface area contributed by atoms with Crippen molar-refractivity contribution in [2.75, 3.05) is 13.7 Å². The number of nitrogens with zero attached hydrogens (tertiary/aromatic N) is 1. The first-order chi connectivity index (χ1) is 11.2. The van der Waals surface area contributed by atoms with Crippen molar-refractivity contribution in [3.63, 3.8) is 0 Å². The summed E-state index contributed by atoms with van der Waals surface area (Å²) in [6, 6.07) is 2.67. The molecule has 0 radical (unpaired) electrons. The van der Waals surface area contributed by atoms with E-state index in [4.69, 9.17) is 4.74 Å². The van der Waals surface area contributed by atoms with Gasteiger partial charge in [0.05, 0.1) is 18.6 Å². The van der Waals surface area contributed by atoms with E-state index in [2.05, 4.69) is 13.0 Å². The first kappa shape index (κ1) is 15.9. The van der Waals surface area contributed by atoms with E-state index in [1.54, 1.807) is 0 Å². The number of hydrogen-bond acceptors (Lipinski definition) is 2. The number of nitriles is 1. The Bertz CT molecular complexity index is 493. The maximum absolute atomic E-state index is 9.62. The third-order valence-electron chi connectivity index (χ3n) is 8.85. The van der Waals surface area contributed by atoms with Crippen molar-refractivity contribution in [1.29, 1.82) is 5.26 Å². The lowest BCUT2D eigenvalue weighted by Crippen LogP contribution is -2.55. The first-order valence-corrected chi connectivity index (χ1v) is 10.0. The highest BCUT2D eigenvalue weighted by Gasteiger charge is 2.61. The number of hydrogen-bond donors (Lipinski definition) is 0. The van der Waals surface area contributed by atoms with Gasteiger partial charge in [0.2, 0.25) is 0 Å². The molecular formula is C21H33NO. The van der Waals surface area contributed by atoms with E-state index in [1.165, 1.54) is 57.8 Å². The van der Waals surface area contributed by atoms with Crippen molar-refractivity contribution in [3.8, 4) is 6.07 Å². The molecule has 7 unspecified atom stereocenters. The summed E-state index contributed by atoms with van der Waals surface area (Å²) in [5.41, 5.74) is 0.785. The van der Waals surface area contributed by atoms with Gasteiger partial charge < -0.3 is 4.74 Å². The van der Waals surface area contributed by atoms with E-state index < -0.39 is 0 Å². The van der Waals surface area contributed by atoms with Gasteiger partial charge in [0, 0.05) is 7.11 Å². The number of methoxy groups -OCH3 is 1. The Balaban J connectivity index is 1.66. The van der Waals surface area contributed by atoms with Crippen LogP contribution in [0.1, 0.15) is 71.1 Å². The van der Waals surface area contributed by atoms with Crippen LogP contribution < -0.4 is 0 Å². The molecule has 0 aromatic heterocycles. The van der Waals surface area contributed by atoms with Gasteiger partial charge in [-0.1, -0.05) is 19.8 Å². The van der Waals surface area contributed by atoms with Crippen LogP contribution in [-0.2, 0) is 4.74 Å². The highest BCUT2D eigenvalue weighted by molar-refractivity contribution is 5.12. The van der Waals surface area contributed by atoms with Crippen LogP contribution in [0.15, 0.2) is 0 Å². The molecule has 23 heavy (non-hydrogen) atoms. The van der Waals surface area contributed by atoms with Crippen LogP contribution in [0.4, 0.5) is 0 Å². The molecule has 0 saturated heterocycles. The average Bonchev–Trinajstić information content (AvgIpc) is 2.91. The van der Waals surface area contributed by atoms with E-state index in [0.29, 0.717) is 16.7 Å². The van der Waals surface area contributed by atoms with E-state index in [9.17, 15) is 5.26 Å². The normalized spacial score (nSPS) is 52.1. The largest absolute Gasteiger partial charge is 0.384 e. The Labute approximate surface area is 142 Å². The predicted molar refractivity (Wildman–Crippen MR) is 91.6 cm³/mol. The second kappa shape index (κ2) is 5.76. The fourth-order valence-electron chi connectivity index (χ4n) is 7.83. The number of ether oxygens (including phenoxy) is 1. The fourth-order valence-corrected chi connectivity index (χ4v) is 7.83. The van der Waals surface area contributed by atoms with Gasteiger partial charge in [-0.05, 0) is 85.9 Å². The van der Waals surface area contributed by atoms with E-state index in [-0.39, 0.29) is 0 Å². The summed E-state index contributed by atoms with van der Waals surface area (Å²) in [6.45, 7) is 3.44. The van der Waals surface area contributed by atoms with Gasteiger partial charge in [-0.2, -0.15) is 5.26 Å². The lowest BCUT2D eigenvalue weighted by molar-refractivity contribution is -0.142. The molecule has 0 N–H and O–H groups in total. The van der Waals surface area contributed by atoms with Crippen molar-refractivity contribution in [3.05, 3.63) is 0 Å². The maximum Gasteiger partial charge on any atom is 0.0661 e. The summed E-state index contributed by atoms with van der Waals surface area (Å²) in [7, 11) is 1.91. The summed E-state index contributed by atoms with van der Waals surface area (Å²) in [5, 5.41) is 9.62. The van der Waals surface area contributed by atoms with Crippen LogP contribution >= 0.6 is 0 Å². The first-order valence-electron chi connectivity index (χ1n) is 10.0. The van der Waals surface area contributed by atoms with Crippen LogP contribution in [0.5, 0.6) is 0 Å². The standard InChI is InChI=1S/C21H33NO/c1-20-12-10-19-17(18(20)9-7-16(20)13-22)8-6-15-5-3-4-11-21(15,19)14-23-2/h15-19H,3-12,14H2,1-2H3. The van der Waals surface area contributed by atoms with Gasteiger partial charge in [0.15, 0.2) is 0 Å². The molecule has 0 bridgehead atoms. The SMILES string of the molecule is COCC12CCCCC1CCC1C3CCC(C#N)C3(C)CCC12. The average molecular weight is 316 g/mol. The van der Waals surface area contributed by atoms with Crippen molar-refractivity contribution in [2.45, 2.75) is 71.1 Å². The van der Waals surface area contributed by atoms with Crippen LogP contribution in [-0.4, -0.2) is 13.7 Å². The molecule has 4 aliphatic rings. The molecular weight excluding hydrogens is 282 g/mol. The van der Waals surface area contributed by atoms with E-state index in [1.807, 2.05) is 7.11 Å². The highest BCUT2D eigenvalue weighted by Crippen LogP contribution is 2.67. The second-order valence-corrected chi connectivity index (χ2v) is 9.37. The van der Waals surface area contributed by atoms with Gasteiger partial charge >= 0.3 is 0 Å². The molecule has 4 saturated carbocycles. The highest BCUT2D eigenvalue weighted by atomic mass is 16.5. The summed E-state index contributed by atoms with van der Waals surface area (Å²) >= 11 is 0. The Morgan fingerprint density at radius 2 is 1.87 bits per heavy atom. The van der Waals surface area contributed by atoms with Crippen molar-refractivity contribution < 1.29 is 4.74 Å². The third-order valence-corrected chi connectivity index (χ3v) is 8.85. The topological polar surface area (TPSA) is 33.0 Å². The van der Waals surface area contributed by atoms with Crippen molar-refractivity contribution in [1.82, 2.24) is 0 Å². The van der Waals surface area contributed by atoms with Crippen molar-refractivity contribution in [2.24, 2.45) is 40.4 Å². The predicted octanol–water partition coefficient (Wildman–Crippen LogP) is 5.19. The van der Waals surface area contributed by atoms with Crippen LogP contribution in [0.3, 0.4) is 0 Å². The minimum Gasteiger partial charge on any atom is -0.384 e. The zero-order valence-corrected chi connectivity index (χ0v) is 15.0. The third kappa shape index (κ3) is 2.15. The minimum atomic E-state index is 0.311. The lowest BCUT2D eigenvalue weighted by atomic mass is 9.44. The number of rotatable bonds is 2. The monoisotopic (exact) mass is 315 g/mol. The second-order valence-electron chi connectivity index (χ2n) is 9.37. The fraction of sp³-hybridized carbons (Fsp3) is 0.952. The molecule has 2 heteroatoms. The van der Waals surface area contributed by atoms with Gasteiger partial charge in [0.1, 0.15) is 0 Å². The molecule has 0 heterocycles. The summed E-state index contributed by atoms with van der Waals surface area (Å²) in [6.07, 6.45) is 13.6. The van der Waals surface area contributed by atoms with Crippen LogP contribution in [0.25, 0.3) is 0 Å². The molecule has 0 spiro atoms. The van der Waals surface area contributed by atoms with E-state index >= 15 is 0 Å². The maximum atomic E-state index is 9.62. The molecule has 4 aliphatic carbocycles. The van der Waals surface area contributed by atoms with E-state index in [0.717, 1.165) is 36.7 Å². The molecule has 0 aromatic rings. The molecule has 4 fully saturated rings. The van der Waals surface area contributed by atoms with Gasteiger partial charge in [0.25, 0.3) is 0 Å². The zero-order valence-electron chi connectivity index (χ0n) is 15.0. The van der Waals surface area contributed by atoms with Gasteiger partial charge in [-0.15, -0.1) is 0 Å². The minimum absolute atomic E-state index is 0.311. The zero-order chi connectivity index (χ0) is 16.1. The van der Waals surface area contributed by atoms with Crippen molar-refractivity contribution >= 4 is 0 Å². The Morgan fingerprint density at radius 3 is 2.65 bits per heavy atom. The summed E-state index contributed by atoms with van der Waals surface area (Å²) in [5.74, 6) is 3.78.